The Bertz CT molecular complexity index is 624. The van der Waals surface area contributed by atoms with Crippen LogP contribution in [0, 0.1) is 6.92 Å². The highest BCUT2D eigenvalue weighted by Gasteiger charge is 2.28. The first kappa shape index (κ1) is 15.9. The molecule has 116 valence electrons. The summed E-state index contributed by atoms with van der Waals surface area (Å²) in [5, 5.41) is 2.74. The first-order chi connectivity index (χ1) is 9.94. The Kier molecular flexibility index (Phi) is 4.97. The molecule has 0 atom stereocenters. The van der Waals surface area contributed by atoms with E-state index in [4.69, 9.17) is 5.73 Å². The summed E-state index contributed by atoms with van der Waals surface area (Å²) in [6.45, 7) is 2.76. The number of hydrogen-bond donors (Lipinski definition) is 3. The van der Waals surface area contributed by atoms with Gasteiger partial charge in [0, 0.05) is 18.2 Å². The van der Waals surface area contributed by atoms with E-state index >= 15 is 0 Å². The van der Waals surface area contributed by atoms with Crippen molar-refractivity contribution in [3.63, 3.8) is 0 Å². The van der Waals surface area contributed by atoms with Gasteiger partial charge >= 0.3 is 0 Å². The van der Waals surface area contributed by atoms with Crippen molar-refractivity contribution in [1.29, 1.82) is 0 Å². The average molecular weight is 311 g/mol. The summed E-state index contributed by atoms with van der Waals surface area (Å²) >= 11 is 0. The fraction of sp³-hybridized carbons (Fsp3) is 0.500. The van der Waals surface area contributed by atoms with Crippen LogP contribution in [0.15, 0.2) is 23.1 Å². The summed E-state index contributed by atoms with van der Waals surface area (Å²) in [4.78, 5) is 12.2. The predicted molar refractivity (Wildman–Crippen MR) is 80.5 cm³/mol. The molecule has 1 aliphatic carbocycles. The molecule has 6 nitrogen and oxygen atoms in total. The van der Waals surface area contributed by atoms with Crippen LogP contribution in [0.5, 0.6) is 0 Å². The molecule has 0 bridgehead atoms. The third-order valence-corrected chi connectivity index (χ3v) is 4.85. The van der Waals surface area contributed by atoms with Gasteiger partial charge in [-0.15, -0.1) is 0 Å². The second-order valence-corrected chi connectivity index (χ2v) is 6.98. The maximum atomic E-state index is 12.2. The number of carbonyl (C=O) groups is 1. The van der Waals surface area contributed by atoms with Gasteiger partial charge in [0.15, 0.2) is 0 Å². The molecular formula is C14H21N3O3S. The van der Waals surface area contributed by atoms with Gasteiger partial charge in [0.25, 0.3) is 5.91 Å². The van der Waals surface area contributed by atoms with Crippen LogP contribution in [-0.4, -0.2) is 33.5 Å². The molecule has 0 heterocycles. The van der Waals surface area contributed by atoms with Crippen LogP contribution in [0.4, 0.5) is 0 Å². The highest BCUT2D eigenvalue weighted by Crippen LogP contribution is 2.23. The molecule has 1 fully saturated rings. The van der Waals surface area contributed by atoms with E-state index in [1.165, 1.54) is 12.1 Å². The van der Waals surface area contributed by atoms with E-state index in [1.807, 2.05) is 0 Å². The Hall–Kier alpha value is -1.44. The monoisotopic (exact) mass is 311 g/mol. The van der Waals surface area contributed by atoms with E-state index in [0.29, 0.717) is 25.1 Å². The minimum atomic E-state index is -3.54. The summed E-state index contributed by atoms with van der Waals surface area (Å²) in [5.41, 5.74) is 6.50. The van der Waals surface area contributed by atoms with Gasteiger partial charge in [-0.25, -0.2) is 13.1 Å². The number of aryl methyl sites for hydroxylation is 1. The predicted octanol–water partition coefficient (Wildman–Crippen LogP) is 0.514. The highest BCUT2D eigenvalue weighted by molar-refractivity contribution is 7.89. The van der Waals surface area contributed by atoms with Gasteiger partial charge in [-0.05, 0) is 50.4 Å². The molecule has 1 aromatic rings. The molecule has 1 aromatic carbocycles. The second-order valence-electron chi connectivity index (χ2n) is 5.27. The maximum Gasteiger partial charge on any atom is 0.251 e. The number of sulfonamides is 1. The summed E-state index contributed by atoms with van der Waals surface area (Å²) in [5.74, 6) is -0.274. The lowest BCUT2D eigenvalue weighted by Gasteiger charge is -2.10. The smallest absolute Gasteiger partial charge is 0.251 e. The van der Waals surface area contributed by atoms with Crippen molar-refractivity contribution < 1.29 is 13.2 Å². The van der Waals surface area contributed by atoms with E-state index in [0.717, 1.165) is 18.4 Å². The molecule has 1 saturated carbocycles. The van der Waals surface area contributed by atoms with Crippen molar-refractivity contribution in [3.8, 4) is 0 Å². The van der Waals surface area contributed by atoms with Gasteiger partial charge in [-0.1, -0.05) is 6.07 Å². The molecular weight excluding hydrogens is 290 g/mol. The Morgan fingerprint density at radius 1 is 1.38 bits per heavy atom. The summed E-state index contributed by atoms with van der Waals surface area (Å²) in [6.07, 6.45) is 2.43. The lowest BCUT2D eigenvalue weighted by Crippen LogP contribution is -2.28. The standard InChI is InChI=1S/C14H21N3O3S/c1-10-3-6-12(21(19,20)17-11-4-5-11)9-13(10)14(18)16-8-2-7-15/h3,6,9,11,17H,2,4-5,7-8,15H2,1H3,(H,16,18). The van der Waals surface area contributed by atoms with E-state index in [-0.39, 0.29) is 16.8 Å². The second kappa shape index (κ2) is 6.55. The molecule has 0 aromatic heterocycles. The molecule has 0 radical (unpaired) electrons. The highest BCUT2D eigenvalue weighted by atomic mass is 32.2. The van der Waals surface area contributed by atoms with Gasteiger partial charge in [-0.2, -0.15) is 0 Å². The lowest BCUT2D eigenvalue weighted by atomic mass is 10.1. The zero-order valence-electron chi connectivity index (χ0n) is 12.1. The fourth-order valence-electron chi connectivity index (χ4n) is 1.90. The Balaban J connectivity index is 2.18. The molecule has 1 aliphatic rings. The summed E-state index contributed by atoms with van der Waals surface area (Å²) in [7, 11) is -3.54. The van der Waals surface area contributed by atoms with Crippen LogP contribution in [0.25, 0.3) is 0 Å². The number of amides is 1. The van der Waals surface area contributed by atoms with E-state index < -0.39 is 10.0 Å². The quantitative estimate of drug-likeness (QED) is 0.639. The van der Waals surface area contributed by atoms with Gasteiger partial charge in [0.05, 0.1) is 4.90 Å². The minimum absolute atomic E-state index is 0.0399. The molecule has 21 heavy (non-hydrogen) atoms. The molecule has 0 unspecified atom stereocenters. The normalized spacial score (nSPS) is 15.0. The molecule has 7 heteroatoms. The van der Waals surface area contributed by atoms with Crippen molar-refractivity contribution in [2.45, 2.75) is 37.1 Å². The molecule has 0 saturated heterocycles. The Morgan fingerprint density at radius 2 is 2.10 bits per heavy atom. The zero-order chi connectivity index (χ0) is 15.5. The summed E-state index contributed by atoms with van der Waals surface area (Å²) in [6, 6.07) is 4.64. The number of nitrogens with one attached hydrogen (secondary N) is 2. The first-order valence-corrected chi connectivity index (χ1v) is 8.53. The summed E-state index contributed by atoms with van der Waals surface area (Å²) < 4.78 is 26.9. The number of benzene rings is 1. The van der Waals surface area contributed by atoms with Crippen LogP contribution in [-0.2, 0) is 10.0 Å². The van der Waals surface area contributed by atoms with E-state index in [1.54, 1.807) is 13.0 Å². The molecule has 2 rings (SSSR count). The van der Waals surface area contributed by atoms with Crippen LogP contribution < -0.4 is 15.8 Å². The maximum absolute atomic E-state index is 12.2. The Labute approximate surface area is 125 Å². The van der Waals surface area contributed by atoms with Crippen molar-refractivity contribution >= 4 is 15.9 Å². The molecule has 1 amide bonds. The van der Waals surface area contributed by atoms with E-state index in [9.17, 15) is 13.2 Å². The molecule has 4 N–H and O–H groups in total. The topological polar surface area (TPSA) is 101 Å². The third-order valence-electron chi connectivity index (χ3n) is 3.33. The van der Waals surface area contributed by atoms with Crippen molar-refractivity contribution in [1.82, 2.24) is 10.0 Å². The minimum Gasteiger partial charge on any atom is -0.352 e. The molecule has 0 spiro atoms. The van der Waals surface area contributed by atoms with Crippen LogP contribution in [0.1, 0.15) is 35.2 Å². The number of nitrogens with two attached hydrogens (primary N) is 1. The number of carbonyl (C=O) groups excluding carboxylic acids is 1. The average Bonchev–Trinajstić information content (AvgIpc) is 3.22. The molecule has 0 aliphatic heterocycles. The largest absolute Gasteiger partial charge is 0.352 e. The van der Waals surface area contributed by atoms with Gasteiger partial charge in [0.2, 0.25) is 10.0 Å². The van der Waals surface area contributed by atoms with E-state index in [2.05, 4.69) is 10.0 Å². The van der Waals surface area contributed by atoms with Crippen molar-refractivity contribution in [2.24, 2.45) is 5.73 Å². The third kappa shape index (κ3) is 4.26. The lowest BCUT2D eigenvalue weighted by molar-refractivity contribution is 0.0952. The van der Waals surface area contributed by atoms with Gasteiger partial charge in [-0.3, -0.25) is 4.79 Å². The van der Waals surface area contributed by atoms with Crippen LogP contribution in [0.2, 0.25) is 0 Å². The SMILES string of the molecule is Cc1ccc(S(=O)(=O)NC2CC2)cc1C(=O)NCCCN. The Morgan fingerprint density at radius 3 is 2.71 bits per heavy atom. The zero-order valence-corrected chi connectivity index (χ0v) is 12.9. The van der Waals surface area contributed by atoms with Gasteiger partial charge in [0.1, 0.15) is 0 Å². The fourth-order valence-corrected chi connectivity index (χ4v) is 3.23. The van der Waals surface area contributed by atoms with Gasteiger partial charge < -0.3 is 11.1 Å². The van der Waals surface area contributed by atoms with Crippen LogP contribution in [0.3, 0.4) is 0 Å². The number of rotatable bonds is 7. The number of hydrogen-bond acceptors (Lipinski definition) is 4. The van der Waals surface area contributed by atoms with Crippen molar-refractivity contribution in [3.05, 3.63) is 29.3 Å². The van der Waals surface area contributed by atoms with Crippen molar-refractivity contribution in [2.75, 3.05) is 13.1 Å². The first-order valence-electron chi connectivity index (χ1n) is 7.05. The van der Waals surface area contributed by atoms with Crippen LogP contribution >= 0.6 is 0 Å².